The van der Waals surface area contributed by atoms with Crippen molar-refractivity contribution in [3.05, 3.63) is 59.4 Å². The summed E-state index contributed by atoms with van der Waals surface area (Å²) in [7, 11) is 0. The molecule has 2 aromatic rings. The van der Waals surface area contributed by atoms with Gasteiger partial charge in [0.1, 0.15) is 6.04 Å². The molecule has 4 rings (SSSR count). The smallest absolute Gasteiger partial charge is 0.326 e. The van der Waals surface area contributed by atoms with E-state index in [9.17, 15) is 19.5 Å². The average Bonchev–Trinajstić information content (AvgIpc) is 3.35. The molecule has 2 heterocycles. The predicted octanol–water partition coefficient (Wildman–Crippen LogP) is 3.10. The number of aliphatic carboxylic acids is 1. The zero-order valence-corrected chi connectivity index (χ0v) is 14.9. The summed E-state index contributed by atoms with van der Waals surface area (Å²) in [6, 6.07) is 7.46. The molecule has 1 aromatic heterocycles. The van der Waals surface area contributed by atoms with E-state index < -0.39 is 12.0 Å². The van der Waals surface area contributed by atoms with Gasteiger partial charge in [0, 0.05) is 35.1 Å². The van der Waals surface area contributed by atoms with Crippen LogP contribution < -0.4 is 0 Å². The molecule has 6 heteroatoms. The van der Waals surface area contributed by atoms with E-state index in [0.29, 0.717) is 23.1 Å². The van der Waals surface area contributed by atoms with Gasteiger partial charge in [-0.15, -0.1) is 0 Å². The number of hydrogen-bond donors (Lipinski definition) is 2. The number of benzene rings is 1. The number of aromatic nitrogens is 1. The van der Waals surface area contributed by atoms with E-state index in [4.69, 9.17) is 0 Å². The fourth-order valence-corrected chi connectivity index (χ4v) is 4.52. The Balaban J connectivity index is 1.58. The van der Waals surface area contributed by atoms with Gasteiger partial charge < -0.3 is 15.0 Å². The minimum Gasteiger partial charge on any atom is -0.480 e. The number of aromatic amines is 1. The highest BCUT2D eigenvalue weighted by molar-refractivity contribution is 6.09. The first-order valence-electron chi connectivity index (χ1n) is 9.39. The molecule has 3 atom stereocenters. The lowest BCUT2D eigenvalue weighted by Gasteiger charge is -2.33. The number of H-pyrrole nitrogens is 1. The fourth-order valence-electron chi connectivity index (χ4n) is 4.52. The van der Waals surface area contributed by atoms with Gasteiger partial charge in [0.2, 0.25) is 0 Å². The lowest BCUT2D eigenvalue weighted by Crippen LogP contribution is -2.46. The quantitative estimate of drug-likeness (QED) is 0.814. The molecule has 0 radical (unpaired) electrons. The molecule has 1 aliphatic heterocycles. The lowest BCUT2D eigenvalue weighted by atomic mass is 9.84. The van der Waals surface area contributed by atoms with Gasteiger partial charge in [0.15, 0.2) is 5.78 Å². The Labute approximate surface area is 157 Å². The van der Waals surface area contributed by atoms with Gasteiger partial charge in [0.05, 0.1) is 0 Å². The molecule has 1 aliphatic carbocycles. The number of nitrogens with zero attached hydrogens (tertiary/aromatic N) is 1. The lowest BCUT2D eigenvalue weighted by molar-refractivity contribution is -0.141. The summed E-state index contributed by atoms with van der Waals surface area (Å²) in [5.74, 6) is -1.03. The third kappa shape index (κ3) is 3.16. The molecule has 1 saturated carbocycles. The molecule has 0 spiro atoms. The molecular weight excluding hydrogens is 344 g/mol. The van der Waals surface area contributed by atoms with Crippen molar-refractivity contribution in [2.45, 2.75) is 44.2 Å². The molecule has 1 saturated heterocycles. The number of carbonyl (C=O) groups excluding carboxylic acids is 2. The van der Waals surface area contributed by atoms with E-state index in [2.05, 4.69) is 4.98 Å². The zero-order valence-electron chi connectivity index (χ0n) is 14.9. The van der Waals surface area contributed by atoms with E-state index >= 15 is 0 Å². The first-order valence-corrected chi connectivity index (χ1v) is 9.39. The molecule has 2 aliphatic rings. The number of carbonyl (C=O) groups is 3. The monoisotopic (exact) mass is 366 g/mol. The number of carboxylic acid groups (broad SMARTS) is 1. The molecule has 6 nitrogen and oxygen atoms in total. The average molecular weight is 366 g/mol. The zero-order chi connectivity index (χ0) is 19.0. The topological polar surface area (TPSA) is 90.5 Å². The number of carboxylic acids is 1. The number of rotatable bonds is 4. The van der Waals surface area contributed by atoms with Crippen LogP contribution in [0.15, 0.2) is 42.7 Å². The minimum atomic E-state index is -0.933. The van der Waals surface area contributed by atoms with Crippen LogP contribution in [-0.4, -0.2) is 44.7 Å². The van der Waals surface area contributed by atoms with Gasteiger partial charge in [-0.2, -0.15) is 0 Å². The summed E-state index contributed by atoms with van der Waals surface area (Å²) in [5.41, 5.74) is 1.49. The van der Waals surface area contributed by atoms with Crippen molar-refractivity contribution in [1.29, 1.82) is 0 Å². The number of hydrogen-bond acceptors (Lipinski definition) is 3. The molecule has 2 N–H and O–H groups in total. The Morgan fingerprint density at radius 1 is 0.963 bits per heavy atom. The molecule has 27 heavy (non-hydrogen) atoms. The Morgan fingerprint density at radius 2 is 1.67 bits per heavy atom. The van der Waals surface area contributed by atoms with Gasteiger partial charge in [-0.1, -0.05) is 25.0 Å². The van der Waals surface area contributed by atoms with Gasteiger partial charge in [0.25, 0.3) is 5.91 Å². The van der Waals surface area contributed by atoms with Crippen molar-refractivity contribution >= 4 is 17.7 Å². The van der Waals surface area contributed by atoms with Crippen LogP contribution in [0, 0.1) is 5.92 Å². The molecule has 1 amide bonds. The van der Waals surface area contributed by atoms with Crippen LogP contribution in [0.25, 0.3) is 0 Å². The fraction of sp³-hybridized carbons (Fsp3) is 0.381. The van der Waals surface area contributed by atoms with Crippen molar-refractivity contribution in [3.8, 4) is 0 Å². The second-order valence-electron chi connectivity index (χ2n) is 7.42. The van der Waals surface area contributed by atoms with Gasteiger partial charge >= 0.3 is 5.97 Å². The second-order valence-corrected chi connectivity index (χ2v) is 7.42. The van der Waals surface area contributed by atoms with Gasteiger partial charge in [-0.25, -0.2) is 4.79 Å². The Morgan fingerprint density at radius 3 is 2.33 bits per heavy atom. The highest BCUT2D eigenvalue weighted by atomic mass is 16.4. The van der Waals surface area contributed by atoms with Crippen LogP contribution >= 0.6 is 0 Å². The molecule has 2 fully saturated rings. The highest BCUT2D eigenvalue weighted by Crippen LogP contribution is 2.40. The third-order valence-electron chi connectivity index (χ3n) is 5.86. The normalized spacial score (nSPS) is 24.4. The predicted molar refractivity (Wildman–Crippen MR) is 98.6 cm³/mol. The second kappa shape index (κ2) is 7.02. The summed E-state index contributed by atoms with van der Waals surface area (Å²) < 4.78 is 0. The standard InChI is InChI=1S/C21H22N2O4/c24-19(16-9-10-22-12-16)13-5-7-14(8-6-13)20(25)23-17-4-2-1-3-15(17)11-18(23)21(26)27/h5-10,12,15,17-18,22H,1-4,11H2,(H,26,27). The minimum absolute atomic E-state index is 0.00788. The van der Waals surface area contributed by atoms with E-state index in [1.807, 2.05) is 0 Å². The maximum absolute atomic E-state index is 13.1. The first-order chi connectivity index (χ1) is 13.1. The Bertz CT molecular complexity index is 857. The third-order valence-corrected chi connectivity index (χ3v) is 5.86. The summed E-state index contributed by atoms with van der Waals surface area (Å²) in [4.78, 5) is 41.6. The SMILES string of the molecule is O=C(c1ccc(C(=O)N2C(C(=O)O)CC3CCCCC32)cc1)c1cc[nH]c1. The van der Waals surface area contributed by atoms with Crippen LogP contribution in [0.5, 0.6) is 0 Å². The van der Waals surface area contributed by atoms with Crippen LogP contribution in [0.1, 0.15) is 58.4 Å². The molecule has 3 unspecified atom stereocenters. The van der Waals surface area contributed by atoms with E-state index in [0.717, 1.165) is 25.7 Å². The molecule has 140 valence electrons. The molecule has 0 bridgehead atoms. The van der Waals surface area contributed by atoms with Crippen molar-refractivity contribution in [3.63, 3.8) is 0 Å². The number of amides is 1. The Kier molecular flexibility index (Phi) is 4.56. The van der Waals surface area contributed by atoms with Crippen molar-refractivity contribution in [2.75, 3.05) is 0 Å². The summed E-state index contributed by atoms with van der Waals surface area (Å²) in [6.45, 7) is 0. The maximum Gasteiger partial charge on any atom is 0.326 e. The van der Waals surface area contributed by atoms with Crippen LogP contribution in [0.4, 0.5) is 0 Å². The molecule has 1 aromatic carbocycles. The van der Waals surface area contributed by atoms with E-state index in [1.54, 1.807) is 47.6 Å². The Hall–Kier alpha value is -2.89. The number of fused-ring (bicyclic) bond motifs is 1. The molecular formula is C21H22N2O4. The number of likely N-dealkylation sites (tertiary alicyclic amines) is 1. The van der Waals surface area contributed by atoms with E-state index in [-0.39, 0.29) is 23.7 Å². The summed E-state index contributed by atoms with van der Waals surface area (Å²) in [6.07, 6.45) is 7.84. The van der Waals surface area contributed by atoms with Crippen LogP contribution in [0.2, 0.25) is 0 Å². The van der Waals surface area contributed by atoms with E-state index in [1.165, 1.54) is 0 Å². The van der Waals surface area contributed by atoms with Crippen molar-refractivity contribution in [1.82, 2.24) is 9.88 Å². The highest BCUT2D eigenvalue weighted by Gasteiger charge is 2.47. The van der Waals surface area contributed by atoms with Gasteiger partial charge in [-0.05, 0) is 43.4 Å². The number of nitrogens with one attached hydrogen (secondary N) is 1. The maximum atomic E-state index is 13.1. The van der Waals surface area contributed by atoms with Crippen LogP contribution in [0.3, 0.4) is 0 Å². The van der Waals surface area contributed by atoms with Gasteiger partial charge in [-0.3, -0.25) is 9.59 Å². The van der Waals surface area contributed by atoms with Crippen molar-refractivity contribution < 1.29 is 19.5 Å². The summed E-state index contributed by atoms with van der Waals surface area (Å²) >= 11 is 0. The van der Waals surface area contributed by atoms with Crippen molar-refractivity contribution in [2.24, 2.45) is 5.92 Å². The summed E-state index contributed by atoms with van der Waals surface area (Å²) in [5, 5.41) is 9.61. The first kappa shape index (κ1) is 17.5. The van der Waals surface area contributed by atoms with Crippen LogP contribution in [-0.2, 0) is 4.79 Å². The largest absolute Gasteiger partial charge is 0.480 e. The number of ketones is 1.